The summed E-state index contributed by atoms with van der Waals surface area (Å²) < 4.78 is 1.90. The maximum Gasteiger partial charge on any atom is 0.0945 e. The molecule has 0 unspecified atom stereocenters. The van der Waals surface area contributed by atoms with Gasteiger partial charge in [-0.3, -0.25) is 4.98 Å². The zero-order chi connectivity index (χ0) is 15.5. The maximum absolute atomic E-state index is 4.28. The van der Waals surface area contributed by atoms with Crippen LogP contribution in [0.5, 0.6) is 0 Å². The largest absolute Gasteiger partial charge is 0.265 e. The molecule has 3 rings (SSSR count). The molecule has 0 amide bonds. The Morgan fingerprint density at radius 3 is 2.50 bits per heavy atom. The Morgan fingerprint density at radius 1 is 1.05 bits per heavy atom. The van der Waals surface area contributed by atoms with Crippen molar-refractivity contribution in [1.82, 2.24) is 20.0 Å². The van der Waals surface area contributed by atoms with Gasteiger partial charge >= 0.3 is 0 Å². The van der Waals surface area contributed by atoms with Crippen LogP contribution in [-0.4, -0.2) is 20.0 Å². The van der Waals surface area contributed by atoms with Gasteiger partial charge in [0.15, 0.2) is 0 Å². The van der Waals surface area contributed by atoms with E-state index in [4.69, 9.17) is 0 Å². The highest BCUT2D eigenvalue weighted by molar-refractivity contribution is 5.61. The van der Waals surface area contributed by atoms with Crippen molar-refractivity contribution < 1.29 is 0 Å². The molecule has 0 atom stereocenters. The number of nitrogens with zero attached hydrogens (tertiary/aromatic N) is 4. The van der Waals surface area contributed by atoms with E-state index in [2.05, 4.69) is 48.2 Å². The lowest BCUT2D eigenvalue weighted by molar-refractivity contribution is 0.803. The minimum atomic E-state index is 0.980. The second-order valence-corrected chi connectivity index (χ2v) is 5.37. The summed E-state index contributed by atoms with van der Waals surface area (Å²) in [4.78, 5) is 4.07. The molecule has 2 aromatic heterocycles. The van der Waals surface area contributed by atoms with Gasteiger partial charge in [0.25, 0.3) is 0 Å². The first-order chi connectivity index (χ1) is 10.7. The quantitative estimate of drug-likeness (QED) is 0.735. The van der Waals surface area contributed by atoms with Gasteiger partial charge in [0.2, 0.25) is 0 Å². The first-order valence-corrected chi connectivity index (χ1v) is 7.68. The first kappa shape index (κ1) is 14.4. The van der Waals surface area contributed by atoms with E-state index in [1.807, 2.05) is 16.8 Å². The van der Waals surface area contributed by atoms with Crippen LogP contribution in [0.4, 0.5) is 0 Å². The van der Waals surface area contributed by atoms with Gasteiger partial charge < -0.3 is 0 Å². The van der Waals surface area contributed by atoms with Crippen molar-refractivity contribution in [3.8, 4) is 16.9 Å². The van der Waals surface area contributed by atoms with Gasteiger partial charge in [-0.25, -0.2) is 4.68 Å². The maximum atomic E-state index is 4.28. The Labute approximate surface area is 130 Å². The van der Waals surface area contributed by atoms with E-state index in [1.165, 1.54) is 16.7 Å². The molecule has 0 saturated heterocycles. The van der Waals surface area contributed by atoms with E-state index in [0.29, 0.717) is 0 Å². The molecule has 112 valence electrons. The summed E-state index contributed by atoms with van der Waals surface area (Å²) in [6.45, 7) is 6.58. The number of benzene rings is 1. The molecule has 0 fully saturated rings. The number of hydrogen-bond acceptors (Lipinski definition) is 3. The van der Waals surface area contributed by atoms with Gasteiger partial charge in [-0.1, -0.05) is 19.1 Å². The Morgan fingerprint density at radius 2 is 1.82 bits per heavy atom. The predicted octanol–water partition coefficient (Wildman–Crippen LogP) is 3.76. The van der Waals surface area contributed by atoms with Gasteiger partial charge in [0.1, 0.15) is 0 Å². The van der Waals surface area contributed by atoms with Crippen molar-refractivity contribution in [3.63, 3.8) is 0 Å². The third-order valence-corrected chi connectivity index (χ3v) is 4.05. The van der Waals surface area contributed by atoms with Crippen LogP contribution in [0.1, 0.15) is 30.5 Å². The van der Waals surface area contributed by atoms with Crippen LogP contribution in [0.25, 0.3) is 16.9 Å². The van der Waals surface area contributed by atoms with Crippen molar-refractivity contribution in [3.05, 3.63) is 59.5 Å². The summed E-state index contributed by atoms with van der Waals surface area (Å²) in [6.07, 6.45) is 7.45. The van der Waals surface area contributed by atoms with Crippen LogP contribution < -0.4 is 0 Å². The van der Waals surface area contributed by atoms with Crippen molar-refractivity contribution >= 4 is 0 Å². The summed E-state index contributed by atoms with van der Waals surface area (Å²) >= 11 is 0. The van der Waals surface area contributed by atoms with E-state index in [1.54, 1.807) is 18.6 Å². The number of aryl methyl sites for hydroxylation is 2. The fourth-order valence-electron chi connectivity index (χ4n) is 2.96. The second kappa shape index (κ2) is 6.10. The predicted molar refractivity (Wildman–Crippen MR) is 88.1 cm³/mol. The Hall–Kier alpha value is -2.49. The molecule has 0 bridgehead atoms. The van der Waals surface area contributed by atoms with E-state index in [0.717, 1.165) is 29.8 Å². The molecule has 4 heteroatoms. The molecule has 3 aromatic rings. The third kappa shape index (κ3) is 2.52. The molecule has 0 saturated carbocycles. The highest BCUT2D eigenvalue weighted by atomic mass is 15.4. The molecule has 4 nitrogen and oxygen atoms in total. The van der Waals surface area contributed by atoms with Crippen LogP contribution in [0.15, 0.2) is 42.9 Å². The topological polar surface area (TPSA) is 43.6 Å². The molecule has 22 heavy (non-hydrogen) atoms. The van der Waals surface area contributed by atoms with Crippen LogP contribution in [0, 0.1) is 6.92 Å². The molecular weight excluding hydrogens is 272 g/mol. The number of pyridine rings is 1. The van der Waals surface area contributed by atoms with E-state index < -0.39 is 0 Å². The van der Waals surface area contributed by atoms with Crippen molar-refractivity contribution in [2.24, 2.45) is 0 Å². The van der Waals surface area contributed by atoms with Gasteiger partial charge in [-0.15, -0.1) is 5.10 Å². The SMILES string of the molecule is CCc1cc(-n2nncc2-c2ccncc2)cc(C)c1CC. The van der Waals surface area contributed by atoms with Crippen LogP contribution in [0.3, 0.4) is 0 Å². The average molecular weight is 292 g/mol. The fourth-order valence-corrected chi connectivity index (χ4v) is 2.96. The number of hydrogen-bond donors (Lipinski definition) is 0. The molecule has 0 radical (unpaired) electrons. The van der Waals surface area contributed by atoms with Crippen LogP contribution in [-0.2, 0) is 12.8 Å². The van der Waals surface area contributed by atoms with Gasteiger partial charge in [-0.05, 0) is 60.7 Å². The van der Waals surface area contributed by atoms with E-state index >= 15 is 0 Å². The monoisotopic (exact) mass is 292 g/mol. The molecule has 0 spiro atoms. The molecule has 0 aliphatic carbocycles. The molecule has 1 aromatic carbocycles. The summed E-state index contributed by atoms with van der Waals surface area (Å²) in [7, 11) is 0. The Kier molecular flexibility index (Phi) is 4.00. The van der Waals surface area contributed by atoms with Crippen molar-refractivity contribution in [2.75, 3.05) is 0 Å². The zero-order valence-corrected chi connectivity index (χ0v) is 13.2. The smallest absolute Gasteiger partial charge is 0.0945 e. The number of aromatic nitrogens is 4. The van der Waals surface area contributed by atoms with Gasteiger partial charge in [-0.2, -0.15) is 0 Å². The van der Waals surface area contributed by atoms with Crippen molar-refractivity contribution in [1.29, 1.82) is 0 Å². The van der Waals surface area contributed by atoms with Crippen LogP contribution in [0.2, 0.25) is 0 Å². The summed E-state index contributed by atoms with van der Waals surface area (Å²) in [5, 5.41) is 8.38. The normalized spacial score (nSPS) is 10.9. The molecule has 0 N–H and O–H groups in total. The van der Waals surface area contributed by atoms with Gasteiger partial charge in [0, 0.05) is 18.0 Å². The molecule has 0 aliphatic rings. The highest BCUT2D eigenvalue weighted by Crippen LogP contribution is 2.25. The molecule has 2 heterocycles. The summed E-state index contributed by atoms with van der Waals surface area (Å²) in [6, 6.07) is 8.37. The standard InChI is InChI=1S/C18H20N4/c1-4-14-11-16(10-13(3)17(14)5-2)22-18(12-20-21-22)15-6-8-19-9-7-15/h6-12H,4-5H2,1-3H3. The van der Waals surface area contributed by atoms with E-state index in [9.17, 15) is 0 Å². The lowest BCUT2D eigenvalue weighted by Crippen LogP contribution is -2.04. The minimum absolute atomic E-state index is 0.980. The van der Waals surface area contributed by atoms with E-state index in [-0.39, 0.29) is 0 Å². The Balaban J connectivity index is 2.14. The second-order valence-electron chi connectivity index (χ2n) is 5.37. The number of rotatable bonds is 4. The molecule has 0 aliphatic heterocycles. The lowest BCUT2D eigenvalue weighted by Gasteiger charge is -2.14. The summed E-state index contributed by atoms with van der Waals surface area (Å²) in [5.74, 6) is 0. The molecular formula is C18H20N4. The Bertz CT molecular complexity index is 775. The average Bonchev–Trinajstić information content (AvgIpc) is 3.04. The first-order valence-electron chi connectivity index (χ1n) is 7.68. The highest BCUT2D eigenvalue weighted by Gasteiger charge is 2.12. The van der Waals surface area contributed by atoms with Crippen LogP contribution >= 0.6 is 0 Å². The fraction of sp³-hybridized carbons (Fsp3) is 0.278. The zero-order valence-electron chi connectivity index (χ0n) is 13.2. The lowest BCUT2D eigenvalue weighted by atomic mass is 9.97. The third-order valence-electron chi connectivity index (χ3n) is 4.05. The minimum Gasteiger partial charge on any atom is -0.265 e. The summed E-state index contributed by atoms with van der Waals surface area (Å²) in [5.41, 5.74) is 7.25. The van der Waals surface area contributed by atoms with Crippen molar-refractivity contribution in [2.45, 2.75) is 33.6 Å². The van der Waals surface area contributed by atoms with Gasteiger partial charge in [0.05, 0.1) is 17.6 Å².